The molecule has 2 heterocycles. The van der Waals surface area contributed by atoms with Gasteiger partial charge in [0.05, 0.1) is 16.6 Å². The van der Waals surface area contributed by atoms with Gasteiger partial charge in [0.25, 0.3) is 5.91 Å². The average molecular weight is 366 g/mol. The first kappa shape index (κ1) is 18.8. The van der Waals surface area contributed by atoms with Crippen molar-refractivity contribution in [3.63, 3.8) is 0 Å². The monoisotopic (exact) mass is 366 g/mol. The maximum absolute atomic E-state index is 11.7. The number of nitrogens with one attached hydrogen (secondary N) is 1. The number of anilines is 1. The summed E-state index contributed by atoms with van der Waals surface area (Å²) in [5, 5.41) is 0. The van der Waals surface area contributed by atoms with Crippen LogP contribution in [0.5, 0.6) is 0 Å². The van der Waals surface area contributed by atoms with Gasteiger partial charge in [-0.2, -0.15) is 0 Å². The van der Waals surface area contributed by atoms with E-state index in [0.29, 0.717) is 16.9 Å². The molecule has 1 amide bonds. The number of hydrogen-bond donors (Lipinski definition) is 2. The molecule has 0 radical (unpaired) electrons. The number of nitrogens with two attached hydrogens (primary N) is 1. The number of imidazole rings is 1. The van der Waals surface area contributed by atoms with Gasteiger partial charge in [-0.05, 0) is 37.4 Å². The first-order valence-electron chi connectivity index (χ1n) is 9.22. The lowest BCUT2D eigenvalue weighted by molar-refractivity contribution is 0.100. The van der Waals surface area contributed by atoms with Crippen molar-refractivity contribution in [2.24, 2.45) is 5.73 Å². The van der Waals surface area contributed by atoms with E-state index >= 15 is 0 Å². The van der Waals surface area contributed by atoms with Crippen LogP contribution in [-0.4, -0.2) is 59.0 Å². The second-order valence-electron chi connectivity index (χ2n) is 6.47. The number of pyridine rings is 1. The molecule has 0 bridgehead atoms. The van der Waals surface area contributed by atoms with Crippen molar-refractivity contribution < 1.29 is 4.79 Å². The van der Waals surface area contributed by atoms with Crippen LogP contribution in [-0.2, 0) is 0 Å². The molecule has 0 aliphatic carbocycles. The third-order valence-electron chi connectivity index (χ3n) is 4.83. The Hall–Kier alpha value is -2.93. The summed E-state index contributed by atoms with van der Waals surface area (Å²) >= 11 is 0. The van der Waals surface area contributed by atoms with Crippen LogP contribution >= 0.6 is 0 Å². The number of primary amides is 1. The predicted molar refractivity (Wildman–Crippen MR) is 109 cm³/mol. The van der Waals surface area contributed by atoms with Crippen LogP contribution in [0.2, 0.25) is 0 Å². The molecular weight excluding hydrogens is 340 g/mol. The SMILES string of the molecule is CCN(CC)CCN(C)c1ncccc1-c1nc2c(C(N)=O)cccc2[nH]1. The van der Waals surface area contributed by atoms with E-state index in [-0.39, 0.29) is 0 Å². The third kappa shape index (κ3) is 3.93. The minimum atomic E-state index is -0.485. The Labute approximate surface area is 159 Å². The normalized spacial score (nSPS) is 11.3. The van der Waals surface area contributed by atoms with Gasteiger partial charge in [0.15, 0.2) is 0 Å². The molecule has 0 saturated heterocycles. The molecule has 7 nitrogen and oxygen atoms in total. The van der Waals surface area contributed by atoms with E-state index < -0.39 is 5.91 Å². The Bertz CT molecular complexity index is 931. The van der Waals surface area contributed by atoms with Crippen LogP contribution in [0.3, 0.4) is 0 Å². The molecule has 0 atom stereocenters. The summed E-state index contributed by atoms with van der Waals surface area (Å²) in [7, 11) is 2.03. The molecular formula is C20H26N6O. The standard InChI is InChI=1S/C20H26N6O/c1-4-26(5-2)13-12-25(3)20-15(9-7-11-22-20)19-23-16-10-6-8-14(18(21)27)17(16)24-19/h6-11H,4-5,12-13H2,1-3H3,(H2,21,27)(H,23,24). The fraction of sp³-hybridized carbons (Fsp3) is 0.350. The van der Waals surface area contributed by atoms with Crippen molar-refractivity contribution in [2.45, 2.75) is 13.8 Å². The molecule has 0 aliphatic rings. The number of likely N-dealkylation sites (N-methyl/N-ethyl adjacent to an activating group) is 2. The van der Waals surface area contributed by atoms with Crippen molar-refractivity contribution in [1.29, 1.82) is 0 Å². The second-order valence-corrected chi connectivity index (χ2v) is 6.47. The predicted octanol–water partition coefficient (Wildman–Crippen LogP) is 2.50. The van der Waals surface area contributed by atoms with Crippen LogP contribution < -0.4 is 10.6 Å². The number of aromatic amines is 1. The Morgan fingerprint density at radius 2 is 1.93 bits per heavy atom. The Kier molecular flexibility index (Phi) is 5.71. The van der Waals surface area contributed by atoms with E-state index in [1.54, 1.807) is 18.3 Å². The smallest absolute Gasteiger partial charge is 0.250 e. The molecule has 0 aliphatic heterocycles. The number of H-pyrrole nitrogens is 1. The number of aromatic nitrogens is 3. The van der Waals surface area contributed by atoms with Crippen LogP contribution in [0.1, 0.15) is 24.2 Å². The van der Waals surface area contributed by atoms with E-state index in [2.05, 4.69) is 38.6 Å². The van der Waals surface area contributed by atoms with E-state index in [1.807, 2.05) is 25.2 Å². The maximum atomic E-state index is 11.7. The second kappa shape index (κ2) is 8.18. The zero-order chi connectivity index (χ0) is 19.4. The van der Waals surface area contributed by atoms with Gasteiger partial charge in [0.1, 0.15) is 17.2 Å². The van der Waals surface area contributed by atoms with Crippen LogP contribution in [0.25, 0.3) is 22.4 Å². The third-order valence-corrected chi connectivity index (χ3v) is 4.83. The number of amides is 1. The lowest BCUT2D eigenvalue weighted by Gasteiger charge is -2.25. The summed E-state index contributed by atoms with van der Waals surface area (Å²) in [4.78, 5) is 28.7. The lowest BCUT2D eigenvalue weighted by atomic mass is 10.2. The summed E-state index contributed by atoms with van der Waals surface area (Å²) in [5.74, 6) is 1.04. The summed E-state index contributed by atoms with van der Waals surface area (Å²) in [6.07, 6.45) is 1.78. The van der Waals surface area contributed by atoms with Gasteiger partial charge in [-0.1, -0.05) is 19.9 Å². The van der Waals surface area contributed by atoms with Gasteiger partial charge in [-0.15, -0.1) is 0 Å². The number of fused-ring (bicyclic) bond motifs is 1. The van der Waals surface area contributed by atoms with Gasteiger partial charge >= 0.3 is 0 Å². The van der Waals surface area contributed by atoms with Crippen LogP contribution in [0.4, 0.5) is 5.82 Å². The molecule has 0 fully saturated rings. The van der Waals surface area contributed by atoms with Gasteiger partial charge < -0.3 is 20.5 Å². The van der Waals surface area contributed by atoms with Gasteiger partial charge in [-0.25, -0.2) is 9.97 Å². The number of carbonyl (C=O) groups excluding carboxylic acids is 1. The topological polar surface area (TPSA) is 91.1 Å². The largest absolute Gasteiger partial charge is 0.366 e. The molecule has 3 N–H and O–H groups in total. The molecule has 0 saturated carbocycles. The molecule has 1 aromatic carbocycles. The molecule has 3 rings (SSSR count). The Morgan fingerprint density at radius 1 is 1.15 bits per heavy atom. The lowest BCUT2D eigenvalue weighted by Crippen LogP contribution is -2.33. The van der Waals surface area contributed by atoms with E-state index in [9.17, 15) is 4.79 Å². The number of carbonyl (C=O) groups is 1. The highest BCUT2D eigenvalue weighted by Gasteiger charge is 2.17. The van der Waals surface area contributed by atoms with Crippen molar-refractivity contribution in [3.8, 4) is 11.4 Å². The number of hydrogen-bond acceptors (Lipinski definition) is 5. The summed E-state index contributed by atoms with van der Waals surface area (Å²) < 4.78 is 0. The summed E-state index contributed by atoms with van der Waals surface area (Å²) in [6, 6.07) is 9.25. The first-order valence-corrected chi connectivity index (χ1v) is 9.22. The molecule has 0 spiro atoms. The van der Waals surface area contributed by atoms with Crippen LogP contribution in [0.15, 0.2) is 36.5 Å². The van der Waals surface area contributed by atoms with Crippen molar-refractivity contribution in [3.05, 3.63) is 42.1 Å². The van der Waals surface area contributed by atoms with E-state index in [1.165, 1.54) is 0 Å². The van der Waals surface area contributed by atoms with E-state index in [0.717, 1.165) is 43.1 Å². The first-order chi connectivity index (χ1) is 13.0. The van der Waals surface area contributed by atoms with E-state index in [4.69, 9.17) is 5.73 Å². The zero-order valence-corrected chi connectivity index (χ0v) is 16.1. The summed E-state index contributed by atoms with van der Waals surface area (Å²) in [6.45, 7) is 8.21. The Balaban J connectivity index is 1.95. The van der Waals surface area contributed by atoms with Crippen molar-refractivity contribution >= 4 is 22.8 Å². The van der Waals surface area contributed by atoms with Crippen LogP contribution in [0, 0.1) is 0 Å². The van der Waals surface area contributed by atoms with Gasteiger partial charge in [-0.3, -0.25) is 4.79 Å². The fourth-order valence-corrected chi connectivity index (χ4v) is 3.18. The number of nitrogens with zero attached hydrogens (tertiary/aromatic N) is 4. The molecule has 3 aromatic rings. The zero-order valence-electron chi connectivity index (χ0n) is 16.1. The minimum Gasteiger partial charge on any atom is -0.366 e. The highest BCUT2D eigenvalue weighted by molar-refractivity contribution is 6.04. The highest BCUT2D eigenvalue weighted by Crippen LogP contribution is 2.28. The average Bonchev–Trinajstić information content (AvgIpc) is 3.12. The van der Waals surface area contributed by atoms with Gasteiger partial charge in [0, 0.05) is 26.3 Å². The quantitative estimate of drug-likeness (QED) is 0.639. The Morgan fingerprint density at radius 3 is 2.63 bits per heavy atom. The minimum absolute atomic E-state index is 0.412. The molecule has 2 aromatic heterocycles. The molecule has 7 heteroatoms. The fourth-order valence-electron chi connectivity index (χ4n) is 3.18. The summed E-state index contributed by atoms with van der Waals surface area (Å²) in [5.41, 5.74) is 8.15. The maximum Gasteiger partial charge on any atom is 0.250 e. The molecule has 0 unspecified atom stereocenters. The van der Waals surface area contributed by atoms with Crippen molar-refractivity contribution in [2.75, 3.05) is 38.1 Å². The molecule has 27 heavy (non-hydrogen) atoms. The number of para-hydroxylation sites is 1. The van der Waals surface area contributed by atoms with Crippen molar-refractivity contribution in [1.82, 2.24) is 19.9 Å². The van der Waals surface area contributed by atoms with Gasteiger partial charge in [0.2, 0.25) is 0 Å². The highest BCUT2D eigenvalue weighted by atomic mass is 16.1. The molecule has 142 valence electrons. The number of rotatable bonds is 8. The number of benzene rings is 1.